The lowest BCUT2D eigenvalue weighted by Crippen LogP contribution is -2.51. The second-order valence-corrected chi connectivity index (χ2v) is 10.4. The molecule has 2 fully saturated rings. The maximum absolute atomic E-state index is 13.5. The molecule has 0 atom stereocenters. The molecule has 0 spiro atoms. The van der Waals surface area contributed by atoms with Crippen LogP contribution < -0.4 is 15.5 Å². The largest absolute Gasteiger partial charge is 0.378 e. The van der Waals surface area contributed by atoms with Gasteiger partial charge in [0.05, 0.1) is 19.8 Å². The van der Waals surface area contributed by atoms with Gasteiger partial charge in [0.1, 0.15) is 11.4 Å². The van der Waals surface area contributed by atoms with Crippen LogP contribution in [0.4, 0.5) is 17.2 Å². The van der Waals surface area contributed by atoms with Crippen LogP contribution in [0.5, 0.6) is 0 Å². The van der Waals surface area contributed by atoms with Gasteiger partial charge in [0.15, 0.2) is 5.16 Å². The summed E-state index contributed by atoms with van der Waals surface area (Å²) in [4.78, 5) is 40.8. The van der Waals surface area contributed by atoms with Gasteiger partial charge < -0.3 is 25.2 Å². The first kappa shape index (κ1) is 27.2. The van der Waals surface area contributed by atoms with Crippen LogP contribution in [0.1, 0.15) is 24.2 Å². The highest BCUT2D eigenvalue weighted by atomic mass is 32.2. The molecule has 2 N–H and O–H groups in total. The van der Waals surface area contributed by atoms with E-state index in [1.54, 1.807) is 6.20 Å². The Balaban J connectivity index is 1.39. The van der Waals surface area contributed by atoms with E-state index >= 15 is 0 Å². The van der Waals surface area contributed by atoms with E-state index in [-0.39, 0.29) is 11.8 Å². The van der Waals surface area contributed by atoms with Gasteiger partial charge in [0.25, 0.3) is 5.91 Å². The first-order valence-corrected chi connectivity index (χ1v) is 14.0. The van der Waals surface area contributed by atoms with Crippen molar-refractivity contribution in [1.29, 1.82) is 0 Å². The number of carbonyl (C=O) groups excluding carboxylic acids is 2. The topological polar surface area (TPSA) is 103 Å². The molecule has 4 rings (SSSR count). The van der Waals surface area contributed by atoms with Crippen molar-refractivity contribution in [1.82, 2.24) is 25.1 Å². The standard InChI is InChI=1S/C26H37N7O3S/c1-19(2)16-27-23(34)18-31-8-10-33(11-9-31)25(35)22-17-28-26(37-3)30-24(22)29-20-4-6-21(7-5-20)32-12-14-36-15-13-32/h4-7,17,19H,8-16,18H2,1-3H3,(H,27,34)(H,28,29,30). The Morgan fingerprint density at radius 3 is 2.41 bits per heavy atom. The summed E-state index contributed by atoms with van der Waals surface area (Å²) in [6, 6.07) is 8.15. The number of morpholine rings is 1. The summed E-state index contributed by atoms with van der Waals surface area (Å²) in [5, 5.41) is 6.89. The van der Waals surface area contributed by atoms with E-state index in [4.69, 9.17) is 4.74 Å². The van der Waals surface area contributed by atoms with Crippen molar-refractivity contribution in [3.63, 3.8) is 0 Å². The van der Waals surface area contributed by atoms with E-state index in [1.807, 2.05) is 23.3 Å². The van der Waals surface area contributed by atoms with E-state index in [1.165, 1.54) is 11.8 Å². The summed E-state index contributed by atoms with van der Waals surface area (Å²) in [5.74, 6) is 0.840. The third-order valence-electron chi connectivity index (χ3n) is 6.42. The number of ether oxygens (including phenoxy) is 1. The molecule has 2 aromatic rings. The van der Waals surface area contributed by atoms with Crippen LogP contribution in [0.25, 0.3) is 0 Å². The summed E-state index contributed by atoms with van der Waals surface area (Å²) in [5.41, 5.74) is 2.45. The first-order valence-electron chi connectivity index (χ1n) is 12.8. The number of aromatic nitrogens is 2. The quantitative estimate of drug-likeness (QED) is 0.376. The molecule has 2 aliphatic rings. The zero-order valence-electron chi connectivity index (χ0n) is 21.9. The van der Waals surface area contributed by atoms with Gasteiger partial charge in [-0.2, -0.15) is 0 Å². The predicted octanol–water partition coefficient (Wildman–Crippen LogP) is 2.31. The summed E-state index contributed by atoms with van der Waals surface area (Å²) < 4.78 is 5.45. The molecule has 37 heavy (non-hydrogen) atoms. The molecule has 10 nitrogen and oxygen atoms in total. The van der Waals surface area contributed by atoms with Crippen LogP contribution in [0.3, 0.4) is 0 Å². The molecule has 200 valence electrons. The van der Waals surface area contributed by atoms with E-state index in [0.29, 0.717) is 61.7 Å². The number of piperazine rings is 1. The molecule has 2 amide bonds. The highest BCUT2D eigenvalue weighted by molar-refractivity contribution is 7.98. The summed E-state index contributed by atoms with van der Waals surface area (Å²) in [7, 11) is 0. The zero-order valence-corrected chi connectivity index (χ0v) is 22.7. The van der Waals surface area contributed by atoms with Gasteiger partial charge in [-0.25, -0.2) is 9.97 Å². The lowest BCUT2D eigenvalue weighted by molar-refractivity contribution is -0.122. The van der Waals surface area contributed by atoms with E-state index in [0.717, 1.165) is 37.7 Å². The summed E-state index contributed by atoms with van der Waals surface area (Å²) in [6.45, 7) is 10.8. The van der Waals surface area contributed by atoms with Crippen LogP contribution in [-0.2, 0) is 9.53 Å². The number of rotatable bonds is 9. The number of nitrogens with zero attached hydrogens (tertiary/aromatic N) is 5. The Labute approximate surface area is 223 Å². The molecule has 0 aliphatic carbocycles. The molecule has 1 aromatic carbocycles. The van der Waals surface area contributed by atoms with Gasteiger partial charge in [0.2, 0.25) is 5.91 Å². The van der Waals surface area contributed by atoms with Crippen LogP contribution >= 0.6 is 11.8 Å². The minimum atomic E-state index is -0.107. The molecule has 1 aromatic heterocycles. The van der Waals surface area contributed by atoms with Crippen molar-refractivity contribution in [3.05, 3.63) is 36.0 Å². The predicted molar refractivity (Wildman–Crippen MR) is 147 cm³/mol. The fraction of sp³-hybridized carbons (Fsp3) is 0.538. The van der Waals surface area contributed by atoms with Crippen molar-refractivity contribution in [2.45, 2.75) is 19.0 Å². The lowest BCUT2D eigenvalue weighted by atomic mass is 10.2. The van der Waals surface area contributed by atoms with Gasteiger partial charge in [0, 0.05) is 63.4 Å². The number of hydrogen-bond donors (Lipinski definition) is 2. The average molecular weight is 528 g/mol. The molecule has 2 aliphatic heterocycles. The highest BCUT2D eigenvalue weighted by Gasteiger charge is 2.26. The summed E-state index contributed by atoms with van der Waals surface area (Å²) in [6.07, 6.45) is 3.52. The van der Waals surface area contributed by atoms with Crippen molar-refractivity contribution < 1.29 is 14.3 Å². The van der Waals surface area contributed by atoms with Crippen molar-refractivity contribution >= 4 is 40.8 Å². The molecule has 3 heterocycles. The molecule has 11 heteroatoms. The maximum atomic E-state index is 13.5. The van der Waals surface area contributed by atoms with Crippen molar-refractivity contribution in [2.75, 3.05) is 82.0 Å². The molecule has 0 radical (unpaired) electrons. The second kappa shape index (κ2) is 13.1. The van der Waals surface area contributed by atoms with E-state index in [2.05, 4.69) is 56.4 Å². The molecule has 2 saturated heterocycles. The number of benzene rings is 1. The number of nitrogens with one attached hydrogen (secondary N) is 2. The average Bonchev–Trinajstić information content (AvgIpc) is 2.93. The lowest BCUT2D eigenvalue weighted by Gasteiger charge is -2.34. The minimum absolute atomic E-state index is 0.0284. The van der Waals surface area contributed by atoms with Crippen molar-refractivity contribution in [3.8, 4) is 0 Å². The second-order valence-electron chi connectivity index (χ2n) is 9.66. The molecule has 0 saturated carbocycles. The van der Waals surface area contributed by atoms with Crippen LogP contribution in [0, 0.1) is 5.92 Å². The number of hydrogen-bond acceptors (Lipinski definition) is 9. The summed E-state index contributed by atoms with van der Waals surface area (Å²) >= 11 is 1.43. The smallest absolute Gasteiger partial charge is 0.259 e. The molecule has 0 bridgehead atoms. The Morgan fingerprint density at radius 1 is 1.05 bits per heavy atom. The monoisotopic (exact) mass is 527 g/mol. The van der Waals surface area contributed by atoms with Gasteiger partial charge in [-0.15, -0.1) is 0 Å². The fourth-order valence-electron chi connectivity index (χ4n) is 4.29. The Bertz CT molecular complexity index is 1050. The van der Waals surface area contributed by atoms with Gasteiger partial charge in [-0.3, -0.25) is 14.5 Å². The highest BCUT2D eigenvalue weighted by Crippen LogP contribution is 2.25. The van der Waals surface area contributed by atoms with Gasteiger partial charge in [-0.05, 0) is 36.4 Å². The normalized spacial score (nSPS) is 16.6. The minimum Gasteiger partial charge on any atom is -0.378 e. The zero-order chi connectivity index (χ0) is 26.2. The Kier molecular flexibility index (Phi) is 9.59. The van der Waals surface area contributed by atoms with Crippen LogP contribution in [0.2, 0.25) is 0 Å². The first-order chi connectivity index (χ1) is 17.9. The van der Waals surface area contributed by atoms with E-state index < -0.39 is 0 Å². The number of amides is 2. The maximum Gasteiger partial charge on any atom is 0.259 e. The van der Waals surface area contributed by atoms with Gasteiger partial charge in [-0.1, -0.05) is 25.6 Å². The van der Waals surface area contributed by atoms with Crippen LogP contribution in [-0.4, -0.2) is 103 Å². The third-order valence-corrected chi connectivity index (χ3v) is 6.98. The molecular formula is C26H37N7O3S. The fourth-order valence-corrected chi connectivity index (χ4v) is 4.63. The van der Waals surface area contributed by atoms with Crippen LogP contribution in [0.15, 0.2) is 35.6 Å². The number of anilines is 3. The Morgan fingerprint density at radius 2 is 1.76 bits per heavy atom. The molecule has 0 unspecified atom stereocenters. The van der Waals surface area contributed by atoms with Crippen molar-refractivity contribution in [2.24, 2.45) is 5.92 Å². The Hall–Kier alpha value is -2.89. The van der Waals surface area contributed by atoms with Gasteiger partial charge >= 0.3 is 0 Å². The number of carbonyl (C=O) groups is 2. The SMILES string of the molecule is CSc1ncc(C(=O)N2CCN(CC(=O)NCC(C)C)CC2)c(Nc2ccc(N3CCOCC3)cc2)n1. The van der Waals surface area contributed by atoms with E-state index in [9.17, 15) is 9.59 Å². The molecular weight excluding hydrogens is 490 g/mol. The number of thioether (sulfide) groups is 1. The third kappa shape index (κ3) is 7.56.